The third kappa shape index (κ3) is 5.11. The molecule has 3 aromatic rings. The third-order valence-electron chi connectivity index (χ3n) is 3.65. The van der Waals surface area contributed by atoms with Gasteiger partial charge in [0.2, 0.25) is 0 Å². The average molecular weight is 348 g/mol. The van der Waals surface area contributed by atoms with E-state index in [2.05, 4.69) is 0 Å². The van der Waals surface area contributed by atoms with Gasteiger partial charge in [-0.1, -0.05) is 30.3 Å². The van der Waals surface area contributed by atoms with E-state index in [0.717, 1.165) is 11.3 Å². The second-order valence-electron chi connectivity index (χ2n) is 5.74. The highest BCUT2D eigenvalue weighted by atomic mass is 16.5. The molecule has 132 valence electrons. The quantitative estimate of drug-likeness (QED) is 0.353. The van der Waals surface area contributed by atoms with E-state index in [9.17, 15) is 4.79 Å². The Bertz CT molecular complexity index is 842. The largest absolute Gasteiger partial charge is 0.490 e. The highest BCUT2D eigenvalue weighted by Gasteiger charge is 2.08. The summed E-state index contributed by atoms with van der Waals surface area (Å²) < 4.78 is 16.6. The average Bonchev–Trinajstić information content (AvgIpc) is 2.66. The van der Waals surface area contributed by atoms with Crippen LogP contribution in [0.5, 0.6) is 17.2 Å². The van der Waals surface area contributed by atoms with Gasteiger partial charge in [0.25, 0.3) is 0 Å². The lowest BCUT2D eigenvalue weighted by molar-refractivity contribution is 0.0734. The zero-order valence-electron chi connectivity index (χ0n) is 14.6. The molecule has 0 aliphatic rings. The maximum atomic E-state index is 12.1. The maximum absolute atomic E-state index is 12.1. The van der Waals surface area contributed by atoms with E-state index in [1.807, 2.05) is 49.4 Å². The minimum atomic E-state index is -0.398. The van der Waals surface area contributed by atoms with Crippen LogP contribution in [0.2, 0.25) is 0 Å². The molecule has 0 atom stereocenters. The van der Waals surface area contributed by atoms with E-state index in [4.69, 9.17) is 14.2 Å². The predicted molar refractivity (Wildman–Crippen MR) is 100 cm³/mol. The minimum absolute atomic E-state index is 0.398. The Morgan fingerprint density at radius 2 is 1.38 bits per heavy atom. The molecule has 0 fully saturated rings. The highest BCUT2D eigenvalue weighted by Crippen LogP contribution is 2.16. The summed E-state index contributed by atoms with van der Waals surface area (Å²) in [6.07, 6.45) is 0. The topological polar surface area (TPSA) is 44.8 Å². The third-order valence-corrected chi connectivity index (χ3v) is 3.65. The second kappa shape index (κ2) is 8.72. The Morgan fingerprint density at radius 1 is 0.731 bits per heavy atom. The Labute approximate surface area is 153 Å². The molecule has 0 aliphatic carbocycles. The summed E-state index contributed by atoms with van der Waals surface area (Å²) in [5.41, 5.74) is 1.62. The SMILES string of the molecule is Cc1cccc(OCCOc2ccc(C(=O)Oc3ccccc3)cc2)c1. The lowest BCUT2D eigenvalue weighted by Crippen LogP contribution is -2.10. The molecule has 0 spiro atoms. The van der Waals surface area contributed by atoms with Crippen molar-refractivity contribution in [2.24, 2.45) is 0 Å². The molecule has 4 nitrogen and oxygen atoms in total. The van der Waals surface area contributed by atoms with Gasteiger partial charge >= 0.3 is 5.97 Å². The van der Waals surface area contributed by atoms with Crippen molar-refractivity contribution in [1.29, 1.82) is 0 Å². The summed E-state index contributed by atoms with van der Waals surface area (Å²) >= 11 is 0. The Kier molecular flexibility index (Phi) is 5.88. The molecule has 3 rings (SSSR count). The van der Waals surface area contributed by atoms with Crippen molar-refractivity contribution in [2.75, 3.05) is 13.2 Å². The normalized spacial score (nSPS) is 10.2. The molecule has 0 saturated heterocycles. The maximum Gasteiger partial charge on any atom is 0.343 e. The molecule has 0 unspecified atom stereocenters. The predicted octanol–water partition coefficient (Wildman–Crippen LogP) is 4.67. The number of rotatable bonds is 7. The van der Waals surface area contributed by atoms with Crippen molar-refractivity contribution in [3.05, 3.63) is 90.0 Å². The summed E-state index contributed by atoms with van der Waals surface area (Å²) in [6, 6.07) is 23.7. The Balaban J connectivity index is 1.46. The first-order chi connectivity index (χ1) is 12.7. The molecular formula is C22H20O4. The molecule has 0 heterocycles. The molecule has 0 radical (unpaired) electrons. The molecule has 0 aliphatic heterocycles. The van der Waals surface area contributed by atoms with Crippen LogP contribution in [0, 0.1) is 6.92 Å². The van der Waals surface area contributed by atoms with Gasteiger partial charge in [0, 0.05) is 0 Å². The van der Waals surface area contributed by atoms with Gasteiger partial charge in [0.15, 0.2) is 0 Å². The van der Waals surface area contributed by atoms with Crippen LogP contribution in [0.4, 0.5) is 0 Å². The number of para-hydroxylation sites is 1. The summed E-state index contributed by atoms with van der Waals surface area (Å²) in [5, 5.41) is 0. The first kappa shape index (κ1) is 17.5. The van der Waals surface area contributed by atoms with Gasteiger partial charge in [-0.05, 0) is 61.0 Å². The van der Waals surface area contributed by atoms with Gasteiger partial charge in [0.1, 0.15) is 30.5 Å². The van der Waals surface area contributed by atoms with E-state index in [-0.39, 0.29) is 0 Å². The van der Waals surface area contributed by atoms with Crippen LogP contribution in [-0.2, 0) is 0 Å². The molecular weight excluding hydrogens is 328 g/mol. The molecule has 3 aromatic carbocycles. The molecule has 4 heteroatoms. The van der Waals surface area contributed by atoms with E-state index in [1.165, 1.54) is 0 Å². The van der Waals surface area contributed by atoms with Gasteiger partial charge < -0.3 is 14.2 Å². The van der Waals surface area contributed by atoms with Crippen molar-refractivity contribution in [2.45, 2.75) is 6.92 Å². The highest BCUT2D eigenvalue weighted by molar-refractivity contribution is 5.91. The Hall–Kier alpha value is -3.27. The van der Waals surface area contributed by atoms with Gasteiger partial charge in [-0.25, -0.2) is 4.79 Å². The van der Waals surface area contributed by atoms with Crippen molar-refractivity contribution in [1.82, 2.24) is 0 Å². The number of esters is 1. The number of hydrogen-bond donors (Lipinski definition) is 0. The monoisotopic (exact) mass is 348 g/mol. The fourth-order valence-corrected chi connectivity index (χ4v) is 2.37. The van der Waals surface area contributed by atoms with E-state index < -0.39 is 5.97 Å². The molecule has 0 bridgehead atoms. The summed E-state index contributed by atoms with van der Waals surface area (Å²) in [4.78, 5) is 12.1. The zero-order chi connectivity index (χ0) is 18.2. The summed E-state index contributed by atoms with van der Waals surface area (Å²) in [5.74, 6) is 1.62. The van der Waals surface area contributed by atoms with Crippen molar-refractivity contribution < 1.29 is 19.0 Å². The number of aryl methyl sites for hydroxylation is 1. The van der Waals surface area contributed by atoms with Crippen LogP contribution in [0.15, 0.2) is 78.9 Å². The molecule has 0 saturated carbocycles. The fraction of sp³-hybridized carbons (Fsp3) is 0.136. The number of hydrogen-bond acceptors (Lipinski definition) is 4. The first-order valence-corrected chi connectivity index (χ1v) is 8.40. The van der Waals surface area contributed by atoms with Gasteiger partial charge in [-0.15, -0.1) is 0 Å². The number of carbonyl (C=O) groups is 1. The van der Waals surface area contributed by atoms with Crippen molar-refractivity contribution in [3.8, 4) is 17.2 Å². The van der Waals surface area contributed by atoms with E-state index in [0.29, 0.717) is 30.3 Å². The fourth-order valence-electron chi connectivity index (χ4n) is 2.37. The molecule has 0 N–H and O–H groups in total. The molecule has 26 heavy (non-hydrogen) atoms. The second-order valence-corrected chi connectivity index (χ2v) is 5.74. The van der Waals surface area contributed by atoms with Crippen LogP contribution in [-0.4, -0.2) is 19.2 Å². The van der Waals surface area contributed by atoms with Crippen LogP contribution in [0.25, 0.3) is 0 Å². The van der Waals surface area contributed by atoms with Gasteiger partial charge in [0.05, 0.1) is 5.56 Å². The van der Waals surface area contributed by atoms with Crippen molar-refractivity contribution in [3.63, 3.8) is 0 Å². The smallest absolute Gasteiger partial charge is 0.343 e. The van der Waals surface area contributed by atoms with E-state index >= 15 is 0 Å². The molecule has 0 amide bonds. The number of ether oxygens (including phenoxy) is 3. The summed E-state index contributed by atoms with van der Waals surface area (Å²) in [7, 11) is 0. The van der Waals surface area contributed by atoms with Crippen LogP contribution in [0.3, 0.4) is 0 Å². The van der Waals surface area contributed by atoms with Crippen molar-refractivity contribution >= 4 is 5.97 Å². The van der Waals surface area contributed by atoms with Gasteiger partial charge in [-0.2, -0.15) is 0 Å². The molecule has 0 aromatic heterocycles. The lowest BCUT2D eigenvalue weighted by atomic mass is 10.2. The standard InChI is InChI=1S/C22H20O4/c1-17-6-5-9-21(16-17)25-15-14-24-19-12-10-18(11-13-19)22(23)26-20-7-3-2-4-8-20/h2-13,16H,14-15H2,1H3. The van der Waals surface area contributed by atoms with Gasteiger partial charge in [-0.3, -0.25) is 0 Å². The van der Waals surface area contributed by atoms with Crippen LogP contribution >= 0.6 is 0 Å². The number of benzene rings is 3. The Morgan fingerprint density at radius 3 is 2.08 bits per heavy atom. The summed E-state index contributed by atoms with van der Waals surface area (Å²) in [6.45, 7) is 2.89. The first-order valence-electron chi connectivity index (χ1n) is 8.40. The van der Waals surface area contributed by atoms with Crippen LogP contribution in [0.1, 0.15) is 15.9 Å². The lowest BCUT2D eigenvalue weighted by Gasteiger charge is -2.09. The minimum Gasteiger partial charge on any atom is -0.490 e. The zero-order valence-corrected chi connectivity index (χ0v) is 14.6. The number of carbonyl (C=O) groups excluding carboxylic acids is 1. The van der Waals surface area contributed by atoms with E-state index in [1.54, 1.807) is 36.4 Å². The van der Waals surface area contributed by atoms with Crippen LogP contribution < -0.4 is 14.2 Å².